The predicted molar refractivity (Wildman–Crippen MR) is 48.9 cm³/mol. The van der Waals surface area contributed by atoms with Gasteiger partial charge in [-0.25, -0.2) is 0 Å². The summed E-state index contributed by atoms with van der Waals surface area (Å²) in [4.78, 5) is 11.2. The summed E-state index contributed by atoms with van der Waals surface area (Å²) in [6.07, 6.45) is 0. The zero-order valence-corrected chi connectivity index (χ0v) is 8.34. The maximum Gasteiger partial charge on any atom is 0.238 e. The highest BCUT2D eigenvalue weighted by Gasteiger charge is 2.17. The van der Waals surface area contributed by atoms with Gasteiger partial charge in [-0.3, -0.25) is 4.79 Å². The molecule has 0 radical (unpaired) electrons. The molecule has 1 aliphatic heterocycles. The molecular formula is C8H14ClNO3. The number of halogens is 1. The lowest BCUT2D eigenvalue weighted by atomic mass is 10.3. The van der Waals surface area contributed by atoms with Crippen LogP contribution in [0.15, 0.2) is 0 Å². The van der Waals surface area contributed by atoms with Crippen LogP contribution in [0.5, 0.6) is 0 Å². The Balaban J connectivity index is 2.29. The fraction of sp³-hybridized carbons (Fsp3) is 0.875. The molecule has 0 saturated carbocycles. The Hall–Kier alpha value is -0.320. The van der Waals surface area contributed by atoms with Crippen molar-refractivity contribution in [1.82, 2.24) is 5.32 Å². The van der Waals surface area contributed by atoms with Gasteiger partial charge in [0.15, 0.2) is 0 Å². The van der Waals surface area contributed by atoms with Crippen molar-refractivity contribution in [3.8, 4) is 0 Å². The monoisotopic (exact) mass is 207 g/mol. The summed E-state index contributed by atoms with van der Waals surface area (Å²) in [5.41, 5.74) is 0. The van der Waals surface area contributed by atoms with Gasteiger partial charge in [0, 0.05) is 0 Å². The number of nitrogens with one attached hydrogen (secondary N) is 1. The number of carbonyl (C=O) groups excluding carboxylic acids is 1. The van der Waals surface area contributed by atoms with Gasteiger partial charge in [0.05, 0.1) is 32.5 Å². The molecule has 13 heavy (non-hydrogen) atoms. The number of alkyl halides is 1. The normalized spacial score (nSPS) is 22.0. The quantitative estimate of drug-likeness (QED) is 0.656. The number of ether oxygens (including phenoxy) is 2. The molecule has 1 rings (SSSR count). The van der Waals surface area contributed by atoms with Crippen LogP contribution in [0.4, 0.5) is 0 Å². The van der Waals surface area contributed by atoms with E-state index in [-0.39, 0.29) is 11.9 Å². The molecule has 0 aromatic carbocycles. The second kappa shape index (κ2) is 5.42. The second-order valence-corrected chi connectivity index (χ2v) is 3.63. The summed E-state index contributed by atoms with van der Waals surface area (Å²) in [5, 5.41) is 2.23. The number of carbonyl (C=O) groups is 1. The molecule has 0 aromatic heterocycles. The van der Waals surface area contributed by atoms with Crippen LogP contribution in [0, 0.1) is 0 Å². The minimum Gasteiger partial charge on any atom is -0.377 e. The molecule has 1 fully saturated rings. The van der Waals surface area contributed by atoms with E-state index >= 15 is 0 Å². The van der Waals surface area contributed by atoms with Gasteiger partial charge < -0.3 is 14.8 Å². The lowest BCUT2D eigenvalue weighted by molar-refractivity contribution is -0.121. The Labute approximate surface area is 82.5 Å². The molecule has 1 heterocycles. The lowest BCUT2D eigenvalue weighted by Crippen LogP contribution is -2.43. The first kappa shape index (κ1) is 10.8. The topological polar surface area (TPSA) is 47.6 Å². The van der Waals surface area contributed by atoms with E-state index in [4.69, 9.17) is 21.1 Å². The van der Waals surface area contributed by atoms with Crippen LogP contribution in [0.1, 0.15) is 6.92 Å². The molecule has 1 saturated heterocycles. The molecule has 0 aromatic rings. The van der Waals surface area contributed by atoms with E-state index in [1.165, 1.54) is 0 Å². The molecule has 4 nitrogen and oxygen atoms in total. The van der Waals surface area contributed by atoms with Crippen molar-refractivity contribution in [1.29, 1.82) is 0 Å². The summed E-state index contributed by atoms with van der Waals surface area (Å²) >= 11 is 5.59. The Bertz CT molecular complexity index is 167. The van der Waals surface area contributed by atoms with Crippen LogP contribution in [0.25, 0.3) is 0 Å². The number of amides is 1. The third-order valence-electron chi connectivity index (χ3n) is 1.72. The van der Waals surface area contributed by atoms with Crippen LogP contribution in [0.2, 0.25) is 0 Å². The summed E-state index contributed by atoms with van der Waals surface area (Å²) in [6.45, 7) is 3.80. The summed E-state index contributed by atoms with van der Waals surface area (Å²) < 4.78 is 10.4. The molecule has 76 valence electrons. The molecule has 5 heteroatoms. The van der Waals surface area contributed by atoms with E-state index in [0.29, 0.717) is 26.4 Å². The van der Waals surface area contributed by atoms with Crippen molar-refractivity contribution in [2.24, 2.45) is 0 Å². The van der Waals surface area contributed by atoms with Crippen molar-refractivity contribution in [3.05, 3.63) is 0 Å². The molecule has 0 aliphatic carbocycles. The zero-order valence-electron chi connectivity index (χ0n) is 7.59. The van der Waals surface area contributed by atoms with E-state index in [0.717, 1.165) is 0 Å². The Morgan fingerprint density at radius 1 is 1.46 bits per heavy atom. The first-order valence-electron chi connectivity index (χ1n) is 4.30. The average Bonchev–Trinajstić information content (AvgIpc) is 2.32. The molecule has 1 aliphatic rings. The van der Waals surface area contributed by atoms with Crippen molar-refractivity contribution in [2.75, 3.05) is 26.4 Å². The van der Waals surface area contributed by atoms with Gasteiger partial charge >= 0.3 is 0 Å². The van der Waals surface area contributed by atoms with Crippen LogP contribution in [-0.2, 0) is 14.3 Å². The molecule has 0 spiro atoms. The maximum absolute atomic E-state index is 11.2. The first-order valence-corrected chi connectivity index (χ1v) is 4.73. The fourth-order valence-electron chi connectivity index (χ4n) is 1.02. The predicted octanol–water partition coefficient (Wildman–Crippen LogP) is 0.145. The van der Waals surface area contributed by atoms with Crippen LogP contribution < -0.4 is 5.32 Å². The number of hydrogen-bond donors (Lipinski definition) is 1. The average molecular weight is 208 g/mol. The first-order chi connectivity index (χ1) is 6.20. The molecule has 1 atom stereocenters. The standard InChI is InChI=1S/C8H14ClNO3/c1-6(9)8(11)10-7-4-12-2-3-13-5-7/h6-7H,2-5H2,1H3,(H,10,11). The fourth-order valence-corrected chi connectivity index (χ4v) is 1.08. The Morgan fingerprint density at radius 3 is 2.46 bits per heavy atom. The molecule has 1 N–H and O–H groups in total. The van der Waals surface area contributed by atoms with Gasteiger partial charge in [0.25, 0.3) is 0 Å². The van der Waals surface area contributed by atoms with E-state index in [2.05, 4.69) is 5.32 Å². The summed E-state index contributed by atoms with van der Waals surface area (Å²) in [6, 6.07) is -0.0730. The number of hydrogen-bond acceptors (Lipinski definition) is 3. The van der Waals surface area contributed by atoms with Crippen molar-refractivity contribution in [2.45, 2.75) is 18.3 Å². The second-order valence-electron chi connectivity index (χ2n) is 2.97. The van der Waals surface area contributed by atoms with Crippen LogP contribution >= 0.6 is 11.6 Å². The van der Waals surface area contributed by atoms with E-state index in [1.54, 1.807) is 6.92 Å². The van der Waals surface area contributed by atoms with Crippen molar-refractivity contribution in [3.63, 3.8) is 0 Å². The molecule has 1 amide bonds. The van der Waals surface area contributed by atoms with Gasteiger partial charge in [-0.1, -0.05) is 0 Å². The highest BCUT2D eigenvalue weighted by molar-refractivity contribution is 6.30. The SMILES string of the molecule is CC(Cl)C(=O)NC1COCCOC1. The van der Waals surface area contributed by atoms with E-state index < -0.39 is 5.38 Å². The van der Waals surface area contributed by atoms with E-state index in [9.17, 15) is 4.79 Å². The Kier molecular flexibility index (Phi) is 4.48. The van der Waals surface area contributed by atoms with Crippen molar-refractivity contribution < 1.29 is 14.3 Å². The lowest BCUT2D eigenvalue weighted by Gasteiger charge is -2.15. The van der Waals surface area contributed by atoms with Gasteiger partial charge in [-0.15, -0.1) is 11.6 Å². The molecule has 1 unspecified atom stereocenters. The van der Waals surface area contributed by atoms with Gasteiger partial charge in [0.1, 0.15) is 5.38 Å². The Morgan fingerprint density at radius 2 is 2.00 bits per heavy atom. The van der Waals surface area contributed by atoms with Gasteiger partial charge in [-0.05, 0) is 6.92 Å². The zero-order chi connectivity index (χ0) is 9.68. The highest BCUT2D eigenvalue weighted by atomic mass is 35.5. The van der Waals surface area contributed by atoms with E-state index in [1.807, 2.05) is 0 Å². The molecular weight excluding hydrogens is 194 g/mol. The third-order valence-corrected chi connectivity index (χ3v) is 1.92. The summed E-state index contributed by atoms with van der Waals surface area (Å²) in [7, 11) is 0. The minimum atomic E-state index is -0.511. The van der Waals surface area contributed by atoms with Gasteiger partial charge in [0.2, 0.25) is 5.91 Å². The summed E-state index contributed by atoms with van der Waals surface area (Å²) in [5.74, 6) is -0.180. The maximum atomic E-state index is 11.2. The third kappa shape index (κ3) is 3.93. The number of rotatable bonds is 2. The largest absolute Gasteiger partial charge is 0.377 e. The highest BCUT2D eigenvalue weighted by Crippen LogP contribution is 1.98. The van der Waals surface area contributed by atoms with Crippen molar-refractivity contribution >= 4 is 17.5 Å². The smallest absolute Gasteiger partial charge is 0.238 e. The van der Waals surface area contributed by atoms with Crippen LogP contribution in [-0.4, -0.2) is 43.8 Å². The minimum absolute atomic E-state index is 0.0730. The van der Waals surface area contributed by atoms with Crippen LogP contribution in [0.3, 0.4) is 0 Å². The van der Waals surface area contributed by atoms with Gasteiger partial charge in [-0.2, -0.15) is 0 Å². The molecule has 0 bridgehead atoms.